The SMILES string of the molecule is C/C(=C\C1=NCN=C1)[C@@H]1C[C@@H]2N(CCO)[C@]2(C)CCC[C@H](C)[C@H](O)[C@@H](C)C(=O)C(C)(C)[C@@H](O)CC(=O)O1.CC(=O)OCCN1[C@H]2C[C@@H](/C(C)=C/c3ccn(Cn4cccn4)n3)OC(=O)C[C@H](O)C(C)(C)C(=O)[C@H](C)[C@@H](O)[C@@H](C)CCC[C@]21C. The van der Waals surface area contributed by atoms with Crippen molar-refractivity contribution < 1.29 is 63.7 Å². The molecule has 4 fully saturated rings. The number of Topliss-reactive ketones (excluding diaryl/α,β-unsaturated/α-hetero) is 2. The van der Waals surface area contributed by atoms with E-state index in [1.165, 1.54) is 6.92 Å². The molecule has 2 unspecified atom stereocenters. The Kier molecular flexibility index (Phi) is 22.8. The quantitative estimate of drug-likeness (QED) is 0.101. The maximum absolute atomic E-state index is 13.5. The second-order valence-electron chi connectivity index (χ2n) is 25.8. The lowest BCUT2D eigenvalue weighted by molar-refractivity contribution is -0.156. The average molecular weight is 1160 g/mol. The summed E-state index contributed by atoms with van der Waals surface area (Å²) < 4.78 is 20.8. The van der Waals surface area contributed by atoms with Gasteiger partial charge >= 0.3 is 17.9 Å². The topological polar surface area (TPSA) is 281 Å². The molecule has 5 N–H and O–H groups in total. The molecule has 7 rings (SSSR count). The number of aliphatic hydroxyl groups is 5. The number of aliphatic hydroxyl groups excluding tert-OH is 5. The molecule has 2 aromatic heterocycles. The molecule has 21 heteroatoms. The summed E-state index contributed by atoms with van der Waals surface area (Å²) in [6, 6.07) is 3.87. The number of nitrogens with zero attached hydrogens (tertiary/aromatic N) is 8. The minimum atomic E-state index is -1.29. The zero-order chi connectivity index (χ0) is 61.4. The third-order valence-electron chi connectivity index (χ3n) is 19.0. The molecule has 7 heterocycles. The van der Waals surface area contributed by atoms with Gasteiger partial charge in [0, 0.05) is 92.7 Å². The first-order valence-electron chi connectivity index (χ1n) is 29.8. The van der Waals surface area contributed by atoms with Gasteiger partial charge in [-0.05, 0) is 101 Å². The van der Waals surface area contributed by atoms with Gasteiger partial charge in [0.2, 0.25) is 0 Å². The first-order valence-corrected chi connectivity index (χ1v) is 29.8. The number of cyclic esters (lactones) is 2. The Bertz CT molecular complexity index is 2680. The largest absolute Gasteiger partial charge is 0.465 e. The Morgan fingerprint density at radius 1 is 0.723 bits per heavy atom. The summed E-state index contributed by atoms with van der Waals surface area (Å²) >= 11 is 0. The minimum Gasteiger partial charge on any atom is -0.465 e. The van der Waals surface area contributed by atoms with Gasteiger partial charge in [0.25, 0.3) is 0 Å². The standard InChI is InChI=1S/C34H51N5O7.C28H45N3O6/c1-22-10-8-12-34(7)28(39(34)16-17-45-25(4)40)19-27(23(2)18-26-11-15-38(36-26)21-37-14-9-13-35-37)46-30(42)20-29(41)33(5,6)32(44)24(3)31(22)43;1-17-8-7-9-28(6)22(31(28)10-11-32)13-21(18(2)12-20-15-29-16-30-20)37-24(34)14-23(33)27(4,5)26(36)19(3)25(17)35/h9,11,13-15,18,22,24,27-29,31,41,43H,8,10,12,16-17,19-21H2,1-7H3;12,15,17,19,21-23,25,32-33,35H,7-11,13-14,16H2,1-6H3/b23-18+;18-12+/t22-,24+,27-,28-,29-,31-,34+,39?;17-,19+,21-,22-,23-,25-,28+,31?/m00/s1. The number of fused-ring (bicyclic) bond motifs is 2. The third kappa shape index (κ3) is 16.6. The lowest BCUT2D eigenvalue weighted by atomic mass is 9.73. The fourth-order valence-corrected chi connectivity index (χ4v) is 12.9. The van der Waals surface area contributed by atoms with Gasteiger partial charge in [-0.2, -0.15) is 10.2 Å². The number of β-amino-alcohol motifs (C(OH)–C–C–N with tert-alkyl or cyclic N) is 1. The van der Waals surface area contributed by atoms with Crippen LogP contribution in [-0.4, -0.2) is 189 Å². The molecular formula is C62H96N8O13. The molecule has 5 aliphatic heterocycles. The molecule has 2 aromatic rings. The highest BCUT2D eigenvalue weighted by Gasteiger charge is 2.60. The molecule has 4 saturated heterocycles. The van der Waals surface area contributed by atoms with E-state index in [1.54, 1.807) is 63.3 Å². The highest BCUT2D eigenvalue weighted by molar-refractivity contribution is 6.36. The third-order valence-corrected chi connectivity index (χ3v) is 19.0. The number of carbonyl (C=O) groups excluding carboxylic acids is 5. The molecule has 0 spiro atoms. The van der Waals surface area contributed by atoms with E-state index < -0.39 is 71.2 Å². The number of carbonyl (C=O) groups is 5. The summed E-state index contributed by atoms with van der Waals surface area (Å²) in [7, 11) is 0. The van der Waals surface area contributed by atoms with Gasteiger partial charge in [-0.15, -0.1) is 0 Å². The normalized spacial score (nSPS) is 35.9. The van der Waals surface area contributed by atoms with E-state index in [4.69, 9.17) is 14.2 Å². The second-order valence-corrected chi connectivity index (χ2v) is 25.8. The smallest absolute Gasteiger partial charge is 0.309 e. The average Bonchev–Trinajstić information content (AvgIpc) is 4.06. The van der Waals surface area contributed by atoms with E-state index in [0.717, 1.165) is 55.4 Å². The van der Waals surface area contributed by atoms with Crippen molar-refractivity contribution in [3.63, 3.8) is 0 Å². The van der Waals surface area contributed by atoms with Crippen molar-refractivity contribution in [2.45, 2.75) is 221 Å². The predicted molar refractivity (Wildman–Crippen MR) is 314 cm³/mol. The number of hydrogen-bond acceptors (Lipinski definition) is 19. The van der Waals surface area contributed by atoms with Crippen LogP contribution < -0.4 is 0 Å². The van der Waals surface area contributed by atoms with Crippen molar-refractivity contribution in [2.24, 2.45) is 44.5 Å². The summed E-state index contributed by atoms with van der Waals surface area (Å²) in [6.07, 6.45) is 10.6. The Balaban J connectivity index is 0.000000273. The molecule has 21 nitrogen and oxygen atoms in total. The Hall–Kier alpha value is -5.29. The van der Waals surface area contributed by atoms with Crippen LogP contribution in [0.2, 0.25) is 0 Å². The lowest BCUT2D eigenvalue weighted by Crippen LogP contribution is -2.45. The summed E-state index contributed by atoms with van der Waals surface area (Å²) in [5, 5.41) is 62.6. The molecule has 0 radical (unpaired) electrons. The van der Waals surface area contributed by atoms with Crippen molar-refractivity contribution >= 4 is 47.5 Å². The second kappa shape index (κ2) is 28.3. The first-order chi connectivity index (χ1) is 39.0. The van der Waals surface area contributed by atoms with E-state index in [9.17, 15) is 49.5 Å². The summed E-state index contributed by atoms with van der Waals surface area (Å²) in [5.74, 6) is -3.71. The Morgan fingerprint density at radius 2 is 1.23 bits per heavy atom. The summed E-state index contributed by atoms with van der Waals surface area (Å²) in [6.45, 7) is 25.5. The van der Waals surface area contributed by atoms with Gasteiger partial charge in [-0.1, -0.05) is 68.2 Å². The molecule has 16 atom stereocenters. The van der Waals surface area contributed by atoms with Crippen LogP contribution in [0, 0.1) is 34.5 Å². The predicted octanol–water partition coefficient (Wildman–Crippen LogP) is 5.78. The van der Waals surface area contributed by atoms with E-state index in [1.807, 2.05) is 64.4 Å². The first kappa shape index (κ1) is 66.8. The van der Waals surface area contributed by atoms with E-state index in [0.29, 0.717) is 45.0 Å². The monoisotopic (exact) mass is 1160 g/mol. The van der Waals surface area contributed by atoms with Gasteiger partial charge in [0.05, 0.1) is 66.1 Å². The maximum Gasteiger partial charge on any atom is 0.309 e. The Labute approximate surface area is 490 Å². The van der Waals surface area contributed by atoms with Crippen molar-refractivity contribution in [1.82, 2.24) is 29.4 Å². The van der Waals surface area contributed by atoms with Crippen LogP contribution in [0.25, 0.3) is 6.08 Å². The zero-order valence-electron chi connectivity index (χ0n) is 51.4. The van der Waals surface area contributed by atoms with Crippen molar-refractivity contribution in [3.8, 4) is 0 Å². The number of allylic oxidation sites excluding steroid dienone is 1. The van der Waals surface area contributed by atoms with E-state index in [-0.39, 0.29) is 78.6 Å². The molecule has 0 bridgehead atoms. The zero-order valence-corrected chi connectivity index (χ0v) is 51.4. The van der Waals surface area contributed by atoms with Crippen LogP contribution in [0.4, 0.5) is 0 Å². The fraction of sp³-hybridized carbons (Fsp3) is 0.726. The molecule has 462 valence electrons. The van der Waals surface area contributed by atoms with E-state index >= 15 is 0 Å². The number of ether oxygens (including phenoxy) is 3. The number of rotatable bonds is 11. The molecule has 83 heavy (non-hydrogen) atoms. The molecule has 5 aliphatic rings. The van der Waals surface area contributed by atoms with Crippen LogP contribution in [0.3, 0.4) is 0 Å². The summed E-state index contributed by atoms with van der Waals surface area (Å²) in [4.78, 5) is 77.7. The maximum atomic E-state index is 13.5. The summed E-state index contributed by atoms with van der Waals surface area (Å²) in [5.41, 5.74) is 0.162. The lowest BCUT2D eigenvalue weighted by Gasteiger charge is -2.34. The van der Waals surface area contributed by atoms with Crippen molar-refractivity contribution in [2.75, 3.05) is 33.0 Å². The van der Waals surface area contributed by atoms with Crippen molar-refractivity contribution in [3.05, 3.63) is 53.6 Å². The fourth-order valence-electron chi connectivity index (χ4n) is 12.9. The Morgan fingerprint density at radius 3 is 1.69 bits per heavy atom. The van der Waals surface area contributed by atoms with Crippen LogP contribution in [0.5, 0.6) is 0 Å². The molecule has 0 amide bonds. The number of aromatic nitrogens is 4. The molecular weight excluding hydrogens is 1060 g/mol. The van der Waals surface area contributed by atoms with Gasteiger partial charge in [0.15, 0.2) is 0 Å². The molecule has 0 aliphatic carbocycles. The highest BCUT2D eigenvalue weighted by Crippen LogP contribution is 2.50. The van der Waals surface area contributed by atoms with Gasteiger partial charge < -0.3 is 39.7 Å². The van der Waals surface area contributed by atoms with E-state index in [2.05, 4.69) is 43.8 Å². The highest BCUT2D eigenvalue weighted by atomic mass is 16.6. The van der Waals surface area contributed by atoms with Gasteiger partial charge in [-0.3, -0.25) is 53.1 Å². The van der Waals surface area contributed by atoms with Crippen LogP contribution >= 0.6 is 0 Å². The number of esters is 3. The molecule has 0 saturated carbocycles. The van der Waals surface area contributed by atoms with Gasteiger partial charge in [-0.25, -0.2) is 0 Å². The molecule has 0 aromatic carbocycles. The number of aliphatic imine (C=N–C) groups is 2. The van der Waals surface area contributed by atoms with Crippen molar-refractivity contribution in [1.29, 1.82) is 0 Å². The van der Waals surface area contributed by atoms with Crippen LogP contribution in [0.1, 0.15) is 160 Å². The van der Waals surface area contributed by atoms with Gasteiger partial charge in [0.1, 0.15) is 43.7 Å². The number of hydrogen-bond donors (Lipinski definition) is 5. The minimum absolute atomic E-state index is 0.0364. The van der Waals surface area contributed by atoms with Crippen LogP contribution in [-0.2, 0) is 44.9 Å². The number of ketones is 2. The van der Waals surface area contributed by atoms with Crippen LogP contribution in [0.15, 0.2) is 57.9 Å².